The lowest BCUT2D eigenvalue weighted by atomic mass is 9.95. The van der Waals surface area contributed by atoms with Crippen molar-refractivity contribution in [1.82, 2.24) is 4.98 Å². The normalized spacial score (nSPS) is 17.8. The van der Waals surface area contributed by atoms with Crippen molar-refractivity contribution >= 4 is 60.1 Å². The van der Waals surface area contributed by atoms with Crippen LogP contribution in [0.1, 0.15) is 17.2 Å². The lowest BCUT2D eigenvalue weighted by Gasteiger charge is -2.23. The molecule has 0 bridgehead atoms. The van der Waals surface area contributed by atoms with Crippen LogP contribution in [-0.4, -0.2) is 21.8 Å². The molecule has 3 aromatic carbocycles. The van der Waals surface area contributed by atoms with Gasteiger partial charge in [0.1, 0.15) is 17.4 Å². The second-order valence-electron chi connectivity index (χ2n) is 7.34. The number of aliphatic hydroxyl groups excluding tert-OH is 1. The van der Waals surface area contributed by atoms with Crippen molar-refractivity contribution in [1.29, 1.82) is 0 Å². The monoisotopic (exact) mass is 526 g/mol. The van der Waals surface area contributed by atoms with Gasteiger partial charge in [-0.25, -0.2) is 13.8 Å². The molecule has 1 amide bonds. The van der Waals surface area contributed by atoms with E-state index in [-0.39, 0.29) is 16.3 Å². The van der Waals surface area contributed by atoms with Gasteiger partial charge in [-0.2, -0.15) is 0 Å². The molecule has 1 aromatic heterocycles. The molecule has 0 aliphatic carbocycles. The van der Waals surface area contributed by atoms with E-state index in [2.05, 4.69) is 20.9 Å². The summed E-state index contributed by atoms with van der Waals surface area (Å²) in [4.78, 5) is 31.9. The summed E-state index contributed by atoms with van der Waals surface area (Å²) < 4.78 is 28.4. The first kappa shape index (κ1) is 21.4. The average molecular weight is 527 g/mol. The standard InChI is InChI=1S/C24H13BrF2N2O3S/c25-14-5-1-12(2-6-14)20-19(21(30)13-3-7-15(26)8-4-13)22(31)23(32)29(20)24-28-17-10-9-16(27)11-18(17)33-24/h1-11,20,30H/b21-19+. The summed E-state index contributed by atoms with van der Waals surface area (Å²) in [6.07, 6.45) is 0. The quantitative estimate of drug-likeness (QED) is 0.203. The number of carbonyl (C=O) groups is 2. The van der Waals surface area contributed by atoms with Crippen molar-refractivity contribution in [3.63, 3.8) is 0 Å². The van der Waals surface area contributed by atoms with Crippen molar-refractivity contribution in [2.24, 2.45) is 0 Å². The fourth-order valence-electron chi connectivity index (χ4n) is 3.74. The minimum atomic E-state index is -0.978. The van der Waals surface area contributed by atoms with Crippen LogP contribution in [0.5, 0.6) is 0 Å². The van der Waals surface area contributed by atoms with Crippen LogP contribution in [0.4, 0.5) is 13.9 Å². The van der Waals surface area contributed by atoms with Crippen LogP contribution in [-0.2, 0) is 9.59 Å². The molecule has 1 saturated heterocycles. The lowest BCUT2D eigenvalue weighted by molar-refractivity contribution is -0.132. The number of amides is 1. The van der Waals surface area contributed by atoms with E-state index in [4.69, 9.17) is 0 Å². The molecule has 9 heteroatoms. The maximum atomic E-state index is 13.7. The Kier molecular flexibility index (Phi) is 5.30. The molecular formula is C24H13BrF2N2O3S. The van der Waals surface area contributed by atoms with Gasteiger partial charge in [-0.05, 0) is 60.2 Å². The summed E-state index contributed by atoms with van der Waals surface area (Å²) in [6.45, 7) is 0. The Morgan fingerprint density at radius 3 is 2.33 bits per heavy atom. The van der Waals surface area contributed by atoms with E-state index in [1.165, 1.54) is 35.2 Å². The highest BCUT2D eigenvalue weighted by atomic mass is 79.9. The Labute approximate surface area is 198 Å². The van der Waals surface area contributed by atoms with E-state index < -0.39 is 35.1 Å². The highest BCUT2D eigenvalue weighted by Gasteiger charge is 2.48. The second kappa shape index (κ2) is 8.17. The predicted octanol–water partition coefficient (Wildman–Crippen LogP) is 5.96. The molecule has 1 fully saturated rings. The Bertz CT molecular complexity index is 1450. The maximum Gasteiger partial charge on any atom is 0.301 e. The molecule has 1 atom stereocenters. The number of carbonyl (C=O) groups excluding carboxylic acids is 2. The molecule has 5 rings (SSSR count). The Hall–Kier alpha value is -3.43. The molecule has 1 aliphatic heterocycles. The number of hydrogen-bond donors (Lipinski definition) is 1. The average Bonchev–Trinajstić information content (AvgIpc) is 3.32. The number of nitrogens with zero attached hydrogens (tertiary/aromatic N) is 2. The highest BCUT2D eigenvalue weighted by Crippen LogP contribution is 2.44. The van der Waals surface area contributed by atoms with Crippen molar-refractivity contribution < 1.29 is 23.5 Å². The van der Waals surface area contributed by atoms with E-state index in [9.17, 15) is 23.5 Å². The summed E-state index contributed by atoms with van der Waals surface area (Å²) in [5.41, 5.74) is 1.10. The Morgan fingerprint density at radius 1 is 0.970 bits per heavy atom. The van der Waals surface area contributed by atoms with Crippen LogP contribution in [0.3, 0.4) is 0 Å². The lowest BCUT2D eigenvalue weighted by Crippen LogP contribution is -2.29. The Balaban J connectivity index is 1.73. The van der Waals surface area contributed by atoms with Crippen molar-refractivity contribution in [3.8, 4) is 0 Å². The SMILES string of the molecule is O=C1C(=O)N(c2nc3ccc(F)cc3s2)C(c2ccc(Br)cc2)/C1=C(\O)c1ccc(F)cc1. The first-order valence-corrected chi connectivity index (χ1v) is 11.3. The molecule has 0 spiro atoms. The topological polar surface area (TPSA) is 70.5 Å². The third-order valence-electron chi connectivity index (χ3n) is 5.29. The van der Waals surface area contributed by atoms with Crippen molar-refractivity contribution in [2.45, 2.75) is 6.04 Å². The first-order valence-electron chi connectivity index (χ1n) is 9.72. The molecular weight excluding hydrogens is 514 g/mol. The van der Waals surface area contributed by atoms with Crippen LogP contribution < -0.4 is 4.90 Å². The van der Waals surface area contributed by atoms with Crippen LogP contribution in [0.15, 0.2) is 76.8 Å². The third kappa shape index (κ3) is 3.73. The molecule has 1 N–H and O–H groups in total. The van der Waals surface area contributed by atoms with Gasteiger partial charge >= 0.3 is 5.91 Å². The van der Waals surface area contributed by atoms with Crippen LogP contribution in [0, 0.1) is 11.6 Å². The number of halogens is 3. The molecule has 1 aliphatic rings. The number of aliphatic hydroxyl groups is 1. The number of hydrogen-bond acceptors (Lipinski definition) is 5. The summed E-state index contributed by atoms with van der Waals surface area (Å²) in [6, 6.07) is 15.0. The minimum absolute atomic E-state index is 0.139. The summed E-state index contributed by atoms with van der Waals surface area (Å²) in [7, 11) is 0. The van der Waals surface area contributed by atoms with Gasteiger partial charge in [0.15, 0.2) is 5.13 Å². The van der Waals surface area contributed by atoms with Crippen LogP contribution in [0.25, 0.3) is 16.0 Å². The van der Waals surface area contributed by atoms with E-state index in [1.807, 2.05) is 0 Å². The van der Waals surface area contributed by atoms with Gasteiger partial charge in [-0.15, -0.1) is 0 Å². The van der Waals surface area contributed by atoms with Gasteiger partial charge in [0, 0.05) is 10.0 Å². The van der Waals surface area contributed by atoms with Crippen molar-refractivity contribution in [2.75, 3.05) is 4.90 Å². The summed E-state index contributed by atoms with van der Waals surface area (Å²) in [5, 5.41) is 11.2. The second-order valence-corrected chi connectivity index (χ2v) is 9.26. The number of thiazole rings is 1. The van der Waals surface area contributed by atoms with E-state index in [0.717, 1.165) is 27.9 Å². The van der Waals surface area contributed by atoms with E-state index >= 15 is 0 Å². The molecule has 4 aromatic rings. The zero-order valence-corrected chi connectivity index (χ0v) is 19.0. The number of benzene rings is 3. The number of Topliss-reactive ketones (excluding diaryl/α,β-unsaturated/α-hetero) is 1. The van der Waals surface area contributed by atoms with Gasteiger partial charge in [0.25, 0.3) is 5.78 Å². The van der Waals surface area contributed by atoms with E-state index in [1.54, 1.807) is 24.3 Å². The van der Waals surface area contributed by atoms with Gasteiger partial charge < -0.3 is 5.11 Å². The first-order chi connectivity index (χ1) is 15.8. The molecule has 33 heavy (non-hydrogen) atoms. The predicted molar refractivity (Wildman–Crippen MR) is 125 cm³/mol. The minimum Gasteiger partial charge on any atom is -0.507 e. The number of rotatable bonds is 3. The maximum absolute atomic E-state index is 13.7. The Morgan fingerprint density at radius 2 is 1.64 bits per heavy atom. The number of ketones is 1. The molecule has 5 nitrogen and oxygen atoms in total. The number of anilines is 1. The highest BCUT2D eigenvalue weighted by molar-refractivity contribution is 9.10. The smallest absolute Gasteiger partial charge is 0.301 e. The zero-order chi connectivity index (χ0) is 23.3. The fourth-order valence-corrected chi connectivity index (χ4v) is 5.02. The van der Waals surface area contributed by atoms with Gasteiger partial charge in [-0.3, -0.25) is 14.5 Å². The molecule has 1 unspecified atom stereocenters. The third-order valence-corrected chi connectivity index (χ3v) is 6.84. The van der Waals surface area contributed by atoms with Gasteiger partial charge in [0.05, 0.1) is 21.8 Å². The number of aromatic nitrogens is 1. The van der Waals surface area contributed by atoms with Gasteiger partial charge in [0.2, 0.25) is 0 Å². The van der Waals surface area contributed by atoms with Crippen LogP contribution in [0.2, 0.25) is 0 Å². The van der Waals surface area contributed by atoms with Gasteiger partial charge in [-0.1, -0.05) is 39.4 Å². The summed E-state index contributed by atoms with van der Waals surface area (Å²) in [5.74, 6) is -3.13. The fraction of sp³-hybridized carbons (Fsp3) is 0.0417. The van der Waals surface area contributed by atoms with Crippen molar-refractivity contribution in [3.05, 3.63) is 99.5 Å². The van der Waals surface area contributed by atoms with Crippen LogP contribution >= 0.6 is 27.3 Å². The zero-order valence-electron chi connectivity index (χ0n) is 16.6. The largest absolute Gasteiger partial charge is 0.507 e. The van der Waals surface area contributed by atoms with E-state index in [0.29, 0.717) is 15.8 Å². The molecule has 0 saturated carbocycles. The summed E-state index contributed by atoms with van der Waals surface area (Å²) >= 11 is 4.43. The number of fused-ring (bicyclic) bond motifs is 1. The molecule has 164 valence electrons. The molecule has 0 radical (unpaired) electrons. The molecule has 2 heterocycles.